The number of nitrogens with one attached hydrogen (secondary N) is 1. The monoisotopic (exact) mass is 254 g/mol. The molecule has 2 nitrogen and oxygen atoms in total. The van der Waals surface area contributed by atoms with Crippen LogP contribution >= 0.6 is 11.8 Å². The molecule has 0 atom stereocenters. The first-order valence-corrected chi connectivity index (χ1v) is 6.65. The molecule has 0 aliphatic rings. The van der Waals surface area contributed by atoms with E-state index in [-0.39, 0.29) is 0 Å². The van der Waals surface area contributed by atoms with Crippen molar-refractivity contribution >= 4 is 28.4 Å². The van der Waals surface area contributed by atoms with E-state index in [1.54, 1.807) is 11.8 Å². The van der Waals surface area contributed by atoms with Gasteiger partial charge in [-0.2, -0.15) is 0 Å². The molecule has 3 aromatic rings. The van der Waals surface area contributed by atoms with Crippen LogP contribution in [0.5, 0.6) is 0 Å². The summed E-state index contributed by atoms with van der Waals surface area (Å²) in [5, 5.41) is 2.38. The number of aromatic nitrogens is 1. The van der Waals surface area contributed by atoms with Crippen molar-refractivity contribution in [3.63, 3.8) is 0 Å². The van der Waals surface area contributed by atoms with E-state index in [1.165, 1.54) is 21.4 Å². The van der Waals surface area contributed by atoms with Gasteiger partial charge in [0.2, 0.25) is 0 Å². The minimum Gasteiger partial charge on any atom is -0.399 e. The van der Waals surface area contributed by atoms with Crippen LogP contribution in [-0.4, -0.2) is 4.98 Å². The van der Waals surface area contributed by atoms with Crippen LogP contribution in [0.15, 0.2) is 58.5 Å². The van der Waals surface area contributed by atoms with Gasteiger partial charge < -0.3 is 10.7 Å². The lowest BCUT2D eigenvalue weighted by molar-refractivity contribution is 1.23. The van der Waals surface area contributed by atoms with Crippen LogP contribution in [-0.2, 0) is 0 Å². The van der Waals surface area contributed by atoms with Crippen LogP contribution in [0.4, 0.5) is 5.69 Å². The Labute approximate surface area is 110 Å². The Bertz CT molecular complexity index is 647. The van der Waals surface area contributed by atoms with Gasteiger partial charge in [0.15, 0.2) is 0 Å². The van der Waals surface area contributed by atoms with Gasteiger partial charge in [-0.3, -0.25) is 0 Å². The van der Waals surface area contributed by atoms with Gasteiger partial charge in [0.25, 0.3) is 0 Å². The molecular weight excluding hydrogens is 240 g/mol. The molecule has 18 heavy (non-hydrogen) atoms. The maximum atomic E-state index is 5.86. The molecule has 0 spiro atoms. The molecule has 0 aliphatic heterocycles. The molecule has 3 N–H and O–H groups in total. The first-order valence-electron chi connectivity index (χ1n) is 5.83. The zero-order valence-electron chi connectivity index (χ0n) is 10.1. The molecule has 2 aromatic carbocycles. The summed E-state index contributed by atoms with van der Waals surface area (Å²) < 4.78 is 0. The summed E-state index contributed by atoms with van der Waals surface area (Å²) in [7, 11) is 0. The number of para-hydroxylation sites is 1. The van der Waals surface area contributed by atoms with Crippen LogP contribution in [0, 0.1) is 6.92 Å². The Morgan fingerprint density at radius 1 is 1.06 bits per heavy atom. The fraction of sp³-hybridized carbons (Fsp3) is 0.0667. The summed E-state index contributed by atoms with van der Waals surface area (Å²) in [6.45, 7) is 2.06. The zero-order valence-corrected chi connectivity index (χ0v) is 10.9. The van der Waals surface area contributed by atoms with Crippen molar-refractivity contribution < 1.29 is 0 Å². The number of aromatic amines is 1. The third kappa shape index (κ3) is 2.22. The van der Waals surface area contributed by atoms with Gasteiger partial charge in [-0.1, -0.05) is 30.0 Å². The van der Waals surface area contributed by atoms with Gasteiger partial charge in [-0.15, -0.1) is 0 Å². The van der Waals surface area contributed by atoms with Gasteiger partial charge in [0.05, 0.1) is 5.03 Å². The van der Waals surface area contributed by atoms with Gasteiger partial charge >= 0.3 is 0 Å². The number of rotatable bonds is 2. The van der Waals surface area contributed by atoms with Crippen molar-refractivity contribution in [3.8, 4) is 0 Å². The van der Waals surface area contributed by atoms with E-state index in [4.69, 9.17) is 5.73 Å². The highest BCUT2D eigenvalue weighted by Gasteiger charge is 2.03. The van der Waals surface area contributed by atoms with E-state index in [1.807, 2.05) is 18.2 Å². The molecule has 1 aromatic heterocycles. The lowest BCUT2D eigenvalue weighted by Crippen LogP contribution is -1.86. The molecule has 3 heteroatoms. The predicted molar refractivity (Wildman–Crippen MR) is 78.0 cm³/mol. The average molecular weight is 254 g/mol. The molecule has 0 amide bonds. The van der Waals surface area contributed by atoms with E-state index in [2.05, 4.69) is 42.2 Å². The normalized spacial score (nSPS) is 10.9. The molecule has 0 fully saturated rings. The van der Waals surface area contributed by atoms with Crippen molar-refractivity contribution in [3.05, 3.63) is 54.1 Å². The third-order valence-corrected chi connectivity index (χ3v) is 3.72. The summed E-state index contributed by atoms with van der Waals surface area (Å²) >= 11 is 1.71. The second-order valence-corrected chi connectivity index (χ2v) is 5.52. The van der Waals surface area contributed by atoms with E-state index >= 15 is 0 Å². The number of aryl methyl sites for hydroxylation is 1. The number of nitrogen functional groups attached to an aromatic ring is 1. The molecule has 90 valence electrons. The van der Waals surface area contributed by atoms with Crippen LogP contribution in [0.1, 0.15) is 5.56 Å². The largest absolute Gasteiger partial charge is 0.399 e. The molecule has 0 radical (unpaired) electrons. The molecule has 3 rings (SSSR count). The van der Waals surface area contributed by atoms with Crippen molar-refractivity contribution in [2.45, 2.75) is 16.8 Å². The van der Waals surface area contributed by atoms with Crippen LogP contribution in [0.25, 0.3) is 10.9 Å². The highest BCUT2D eigenvalue weighted by atomic mass is 32.2. The second kappa shape index (κ2) is 4.42. The fourth-order valence-corrected chi connectivity index (χ4v) is 3.10. The lowest BCUT2D eigenvalue weighted by Gasteiger charge is -2.02. The SMILES string of the molecule is Cc1cc(N)cc(Sc2cc3ccccc3[nH]2)c1. The van der Waals surface area contributed by atoms with Crippen LogP contribution in [0.3, 0.4) is 0 Å². The van der Waals surface area contributed by atoms with Gasteiger partial charge in [0.1, 0.15) is 0 Å². The molecule has 0 saturated carbocycles. The summed E-state index contributed by atoms with van der Waals surface area (Å²) in [6, 6.07) is 16.6. The maximum Gasteiger partial charge on any atom is 0.0780 e. The predicted octanol–water partition coefficient (Wildman–Crippen LogP) is 4.21. The molecule has 0 saturated heterocycles. The molecular formula is C15H14N2S. The number of fused-ring (bicyclic) bond motifs is 1. The summed E-state index contributed by atoms with van der Waals surface area (Å²) in [6.07, 6.45) is 0. The summed E-state index contributed by atoms with van der Waals surface area (Å²) in [4.78, 5) is 4.57. The smallest absolute Gasteiger partial charge is 0.0780 e. The maximum absolute atomic E-state index is 5.86. The Kier molecular flexibility index (Phi) is 2.76. The average Bonchev–Trinajstić information content (AvgIpc) is 2.69. The number of H-pyrrole nitrogens is 1. The number of nitrogens with two attached hydrogens (primary N) is 1. The summed E-state index contributed by atoms with van der Waals surface area (Å²) in [5.74, 6) is 0. The van der Waals surface area contributed by atoms with E-state index in [0.717, 1.165) is 10.7 Å². The molecule has 0 bridgehead atoms. The van der Waals surface area contributed by atoms with Crippen LogP contribution in [0.2, 0.25) is 0 Å². The first kappa shape index (κ1) is 11.2. The van der Waals surface area contributed by atoms with Crippen molar-refractivity contribution in [2.75, 3.05) is 5.73 Å². The van der Waals surface area contributed by atoms with Crippen molar-refractivity contribution in [2.24, 2.45) is 0 Å². The quantitative estimate of drug-likeness (QED) is 0.673. The lowest BCUT2D eigenvalue weighted by atomic mass is 10.2. The zero-order chi connectivity index (χ0) is 12.5. The standard InChI is InChI=1S/C15H14N2S/c1-10-6-12(16)9-13(7-10)18-15-8-11-4-2-3-5-14(11)17-15/h2-9,17H,16H2,1H3. The molecule has 1 heterocycles. The minimum absolute atomic E-state index is 0.814. The van der Waals surface area contributed by atoms with E-state index in [0.29, 0.717) is 0 Å². The number of hydrogen-bond donors (Lipinski definition) is 2. The first-order chi connectivity index (χ1) is 8.70. The summed E-state index contributed by atoms with van der Waals surface area (Å²) in [5.41, 5.74) is 9.03. The van der Waals surface area contributed by atoms with Gasteiger partial charge in [0, 0.05) is 21.5 Å². The van der Waals surface area contributed by atoms with Crippen molar-refractivity contribution in [1.29, 1.82) is 0 Å². The molecule has 0 unspecified atom stereocenters. The third-order valence-electron chi connectivity index (χ3n) is 2.81. The van der Waals surface area contributed by atoms with Crippen molar-refractivity contribution in [1.82, 2.24) is 4.98 Å². The number of anilines is 1. The Hall–Kier alpha value is -1.87. The van der Waals surface area contributed by atoms with E-state index < -0.39 is 0 Å². The minimum atomic E-state index is 0.814. The van der Waals surface area contributed by atoms with Gasteiger partial charge in [-0.05, 0) is 42.8 Å². The Morgan fingerprint density at radius 2 is 1.89 bits per heavy atom. The Morgan fingerprint density at radius 3 is 2.67 bits per heavy atom. The highest BCUT2D eigenvalue weighted by molar-refractivity contribution is 7.99. The molecule has 0 aliphatic carbocycles. The second-order valence-electron chi connectivity index (χ2n) is 4.40. The highest BCUT2D eigenvalue weighted by Crippen LogP contribution is 2.31. The number of benzene rings is 2. The fourth-order valence-electron chi connectivity index (χ4n) is 2.06. The van der Waals surface area contributed by atoms with Gasteiger partial charge in [-0.25, -0.2) is 0 Å². The Balaban J connectivity index is 1.96. The van der Waals surface area contributed by atoms with E-state index in [9.17, 15) is 0 Å². The topological polar surface area (TPSA) is 41.8 Å². The van der Waals surface area contributed by atoms with Crippen LogP contribution < -0.4 is 5.73 Å². The number of hydrogen-bond acceptors (Lipinski definition) is 2.